The highest BCUT2D eigenvalue weighted by Crippen LogP contribution is 2.60. The van der Waals surface area contributed by atoms with Crippen molar-refractivity contribution in [1.29, 1.82) is 5.26 Å². The molecule has 4 unspecified atom stereocenters. The number of nitrogens with one attached hydrogen (secondary N) is 2. The standard InChI is InChI=1S/C23H29N5O3/c1-25-21(29)23-8-15-6-16(9-23)20(17(7-15)10-23)31-22(30)28-5-4-18(13-28)27-19-3-2-14(11-24)12-26-19/h2-3,12,15-18,20H,4-10,13H2,1H3,(H,25,29)(H,26,27)/t15?,16-,17?,18-,20?,23?/m1/s1. The van der Waals surface area contributed by atoms with E-state index in [4.69, 9.17) is 10.00 Å². The predicted octanol–water partition coefficient (Wildman–Crippen LogP) is 2.52. The predicted molar refractivity (Wildman–Crippen MR) is 113 cm³/mol. The second kappa shape index (κ2) is 7.70. The molecule has 1 saturated heterocycles. The molecule has 4 bridgehead atoms. The van der Waals surface area contributed by atoms with E-state index >= 15 is 0 Å². The van der Waals surface area contributed by atoms with Gasteiger partial charge in [-0.2, -0.15) is 5.26 Å². The average molecular weight is 424 g/mol. The van der Waals surface area contributed by atoms with Crippen molar-refractivity contribution in [1.82, 2.24) is 15.2 Å². The van der Waals surface area contributed by atoms with Crippen LogP contribution in [0.25, 0.3) is 0 Å². The highest BCUT2D eigenvalue weighted by molar-refractivity contribution is 5.83. The number of pyridine rings is 1. The van der Waals surface area contributed by atoms with Crippen LogP contribution < -0.4 is 10.6 Å². The normalized spacial score (nSPS) is 35.5. The number of carbonyl (C=O) groups is 2. The number of likely N-dealkylation sites (tertiary alicyclic amines) is 1. The number of amides is 2. The lowest BCUT2D eigenvalue weighted by Crippen LogP contribution is -2.59. The fourth-order valence-corrected chi connectivity index (χ4v) is 6.70. The van der Waals surface area contributed by atoms with Crippen LogP contribution >= 0.6 is 0 Å². The SMILES string of the molecule is CNC(=O)C12CC3CC(C1)C(OC(=O)N1CC[C@@H](Nc4ccc(C#N)cn4)C1)[C@H](C3)C2. The third kappa shape index (κ3) is 3.60. The van der Waals surface area contributed by atoms with Gasteiger partial charge in [-0.25, -0.2) is 9.78 Å². The van der Waals surface area contributed by atoms with Crippen molar-refractivity contribution < 1.29 is 14.3 Å². The van der Waals surface area contributed by atoms with Crippen molar-refractivity contribution in [2.45, 2.75) is 50.7 Å². The Morgan fingerprint density at radius 1 is 1.26 bits per heavy atom. The number of hydrogen-bond acceptors (Lipinski definition) is 6. The van der Waals surface area contributed by atoms with Crippen LogP contribution in [0.5, 0.6) is 0 Å². The summed E-state index contributed by atoms with van der Waals surface area (Å²) in [6, 6.07) is 5.69. The minimum absolute atomic E-state index is 0.0611. The fourth-order valence-electron chi connectivity index (χ4n) is 6.70. The zero-order valence-corrected chi connectivity index (χ0v) is 17.8. The summed E-state index contributed by atoms with van der Waals surface area (Å²) in [5.74, 6) is 2.06. The van der Waals surface area contributed by atoms with Gasteiger partial charge in [-0.05, 0) is 68.4 Å². The number of aromatic nitrogens is 1. The van der Waals surface area contributed by atoms with Crippen molar-refractivity contribution >= 4 is 17.8 Å². The number of ether oxygens (including phenoxy) is 1. The zero-order chi connectivity index (χ0) is 21.6. The first-order valence-electron chi connectivity index (χ1n) is 11.3. The molecule has 2 N–H and O–H groups in total. The molecule has 0 spiro atoms. The van der Waals surface area contributed by atoms with E-state index in [0.717, 1.165) is 38.5 Å². The molecule has 4 aliphatic carbocycles. The number of anilines is 1. The molecule has 0 radical (unpaired) electrons. The fraction of sp³-hybridized carbons (Fsp3) is 0.652. The molecule has 1 aliphatic heterocycles. The molecular weight excluding hydrogens is 394 g/mol. The van der Waals surface area contributed by atoms with E-state index in [9.17, 15) is 9.59 Å². The lowest BCUT2D eigenvalue weighted by molar-refractivity contribution is -0.164. The smallest absolute Gasteiger partial charge is 0.410 e. The molecule has 6 atom stereocenters. The lowest BCUT2D eigenvalue weighted by atomic mass is 9.48. The van der Waals surface area contributed by atoms with Crippen LogP contribution in [0.1, 0.15) is 44.1 Å². The number of hydrogen-bond donors (Lipinski definition) is 2. The summed E-state index contributed by atoms with van der Waals surface area (Å²) < 4.78 is 6.07. The second-order valence-corrected chi connectivity index (χ2v) is 9.80. The van der Waals surface area contributed by atoms with Gasteiger partial charge < -0.3 is 20.3 Å². The van der Waals surface area contributed by atoms with E-state index in [1.54, 1.807) is 30.3 Å². The molecule has 164 valence electrons. The van der Waals surface area contributed by atoms with Gasteiger partial charge >= 0.3 is 6.09 Å². The summed E-state index contributed by atoms with van der Waals surface area (Å²) in [5, 5.41) is 15.1. The van der Waals surface area contributed by atoms with Crippen molar-refractivity contribution in [3.8, 4) is 6.07 Å². The van der Waals surface area contributed by atoms with Crippen LogP contribution in [0.15, 0.2) is 18.3 Å². The number of nitrogens with zero attached hydrogens (tertiary/aromatic N) is 3. The molecule has 8 heteroatoms. The Morgan fingerprint density at radius 3 is 2.68 bits per heavy atom. The summed E-state index contributed by atoms with van der Waals surface area (Å²) in [4.78, 5) is 31.5. The Labute approximate surface area is 182 Å². The Morgan fingerprint density at radius 2 is 2.03 bits per heavy atom. The highest BCUT2D eigenvalue weighted by atomic mass is 16.6. The van der Waals surface area contributed by atoms with Crippen LogP contribution in [-0.2, 0) is 9.53 Å². The maximum atomic E-state index is 12.9. The van der Waals surface area contributed by atoms with E-state index in [2.05, 4.69) is 21.7 Å². The summed E-state index contributed by atoms with van der Waals surface area (Å²) in [5.41, 5.74) is 0.279. The molecule has 2 heterocycles. The molecule has 1 aromatic rings. The molecule has 4 saturated carbocycles. The largest absolute Gasteiger partial charge is 0.446 e. The van der Waals surface area contributed by atoms with Gasteiger partial charge in [0.15, 0.2) is 0 Å². The number of carbonyl (C=O) groups excluding carboxylic acids is 2. The Hall–Kier alpha value is -2.82. The number of nitriles is 1. The van der Waals surface area contributed by atoms with Crippen molar-refractivity contribution in [2.75, 3.05) is 25.5 Å². The molecular formula is C23H29N5O3. The van der Waals surface area contributed by atoms with Crippen molar-refractivity contribution in [2.24, 2.45) is 23.2 Å². The van der Waals surface area contributed by atoms with Crippen LogP contribution in [0.4, 0.5) is 10.6 Å². The Bertz CT molecular complexity index is 895. The average Bonchev–Trinajstić information content (AvgIpc) is 3.24. The van der Waals surface area contributed by atoms with Crippen LogP contribution in [0.3, 0.4) is 0 Å². The van der Waals surface area contributed by atoms with Gasteiger partial charge in [-0.3, -0.25) is 4.79 Å². The van der Waals surface area contributed by atoms with Gasteiger partial charge in [0.25, 0.3) is 0 Å². The van der Waals surface area contributed by atoms with Crippen LogP contribution in [0, 0.1) is 34.5 Å². The molecule has 2 amide bonds. The summed E-state index contributed by atoms with van der Waals surface area (Å²) in [6.45, 7) is 1.23. The van der Waals surface area contributed by atoms with Gasteiger partial charge in [0.2, 0.25) is 5.91 Å². The Balaban J connectivity index is 1.18. The summed E-state index contributed by atoms with van der Waals surface area (Å²) >= 11 is 0. The quantitative estimate of drug-likeness (QED) is 0.771. The monoisotopic (exact) mass is 423 g/mol. The van der Waals surface area contributed by atoms with Gasteiger partial charge in [0.05, 0.1) is 11.0 Å². The van der Waals surface area contributed by atoms with E-state index < -0.39 is 0 Å². The maximum absolute atomic E-state index is 12.9. The molecule has 0 aromatic carbocycles. The van der Waals surface area contributed by atoms with E-state index in [-0.39, 0.29) is 29.6 Å². The molecule has 5 aliphatic rings. The van der Waals surface area contributed by atoms with Crippen LogP contribution in [0.2, 0.25) is 0 Å². The van der Waals surface area contributed by atoms with Crippen molar-refractivity contribution in [3.05, 3.63) is 23.9 Å². The van der Waals surface area contributed by atoms with E-state index in [1.807, 2.05) is 0 Å². The molecule has 8 nitrogen and oxygen atoms in total. The van der Waals surface area contributed by atoms with Crippen LogP contribution in [-0.4, -0.2) is 54.2 Å². The molecule has 1 aromatic heterocycles. The number of rotatable bonds is 4. The van der Waals surface area contributed by atoms with E-state index in [0.29, 0.717) is 42.2 Å². The first-order chi connectivity index (χ1) is 15.0. The highest BCUT2D eigenvalue weighted by Gasteiger charge is 2.59. The van der Waals surface area contributed by atoms with E-state index in [1.165, 1.54) is 0 Å². The summed E-state index contributed by atoms with van der Waals surface area (Å²) in [7, 11) is 1.73. The molecule has 6 rings (SSSR count). The maximum Gasteiger partial charge on any atom is 0.410 e. The molecule has 31 heavy (non-hydrogen) atoms. The molecule has 5 fully saturated rings. The topological polar surface area (TPSA) is 107 Å². The minimum atomic E-state index is -0.245. The first kappa shape index (κ1) is 20.1. The van der Waals surface area contributed by atoms with Gasteiger partial charge in [-0.1, -0.05) is 0 Å². The third-order valence-electron chi connectivity index (χ3n) is 7.82. The minimum Gasteiger partial charge on any atom is -0.446 e. The van der Waals surface area contributed by atoms with Crippen molar-refractivity contribution in [3.63, 3.8) is 0 Å². The lowest BCUT2D eigenvalue weighted by Gasteiger charge is -2.58. The second-order valence-electron chi connectivity index (χ2n) is 9.80. The summed E-state index contributed by atoms with van der Waals surface area (Å²) in [6.07, 6.45) is 6.89. The van der Waals surface area contributed by atoms with Gasteiger partial charge in [-0.15, -0.1) is 0 Å². The van der Waals surface area contributed by atoms with Gasteiger partial charge in [0.1, 0.15) is 18.0 Å². The first-order valence-corrected chi connectivity index (χ1v) is 11.3. The third-order valence-corrected chi connectivity index (χ3v) is 7.82. The Kier molecular flexibility index (Phi) is 4.99. The van der Waals surface area contributed by atoms with Gasteiger partial charge in [0, 0.05) is 32.4 Å². The zero-order valence-electron chi connectivity index (χ0n) is 17.8.